The zero-order valence-corrected chi connectivity index (χ0v) is 12.6. The highest BCUT2D eigenvalue weighted by molar-refractivity contribution is 4.82. The first-order chi connectivity index (χ1) is 9.20. The third kappa shape index (κ3) is 4.44. The molecule has 2 rings (SSSR count). The Morgan fingerprint density at radius 3 is 2.58 bits per heavy atom. The van der Waals surface area contributed by atoms with Crippen LogP contribution in [0.15, 0.2) is 0 Å². The van der Waals surface area contributed by atoms with Gasteiger partial charge < -0.3 is 15.2 Å². The first-order valence-electron chi connectivity index (χ1n) is 8.16. The average Bonchev–Trinajstić information content (AvgIpc) is 2.45. The summed E-state index contributed by atoms with van der Waals surface area (Å²) < 4.78 is 5.82. The first kappa shape index (κ1) is 15.3. The molecule has 4 atom stereocenters. The molecule has 2 aliphatic rings. The normalized spacial score (nSPS) is 36.6. The minimum absolute atomic E-state index is 0.370. The molecule has 1 heterocycles. The van der Waals surface area contributed by atoms with Crippen LogP contribution in [0.25, 0.3) is 0 Å². The number of hydrogen-bond acceptors (Lipinski definition) is 3. The molecule has 3 nitrogen and oxygen atoms in total. The molecule has 19 heavy (non-hydrogen) atoms. The SMILES string of the molecule is CC(C)C1CC(NCC2CCCCC2CO)CCO1. The Hall–Kier alpha value is -0.120. The smallest absolute Gasteiger partial charge is 0.0612 e. The van der Waals surface area contributed by atoms with E-state index in [1.165, 1.54) is 25.7 Å². The fourth-order valence-corrected chi connectivity index (χ4v) is 3.59. The van der Waals surface area contributed by atoms with Gasteiger partial charge in [-0.05, 0) is 50.0 Å². The second-order valence-corrected chi connectivity index (χ2v) is 6.77. The Labute approximate surface area is 118 Å². The van der Waals surface area contributed by atoms with Crippen LogP contribution in [0.3, 0.4) is 0 Å². The Bertz CT molecular complexity index is 257. The van der Waals surface area contributed by atoms with E-state index in [1.807, 2.05) is 0 Å². The van der Waals surface area contributed by atoms with Gasteiger partial charge in [-0.1, -0.05) is 26.7 Å². The van der Waals surface area contributed by atoms with Gasteiger partial charge in [0.15, 0.2) is 0 Å². The molecule has 1 saturated heterocycles. The lowest BCUT2D eigenvalue weighted by Gasteiger charge is -2.35. The predicted octanol–water partition coefficient (Wildman–Crippen LogP) is 2.58. The molecule has 0 aromatic carbocycles. The van der Waals surface area contributed by atoms with Gasteiger partial charge in [-0.15, -0.1) is 0 Å². The lowest BCUT2D eigenvalue weighted by atomic mass is 9.79. The molecule has 112 valence electrons. The maximum Gasteiger partial charge on any atom is 0.0612 e. The Balaban J connectivity index is 1.74. The van der Waals surface area contributed by atoms with Crippen LogP contribution in [0.4, 0.5) is 0 Å². The van der Waals surface area contributed by atoms with E-state index in [2.05, 4.69) is 19.2 Å². The molecular formula is C16H31NO2. The maximum absolute atomic E-state index is 9.47. The van der Waals surface area contributed by atoms with Crippen LogP contribution in [0, 0.1) is 17.8 Å². The number of hydrogen-bond donors (Lipinski definition) is 2. The third-order valence-corrected chi connectivity index (χ3v) is 5.03. The molecule has 0 amide bonds. The average molecular weight is 269 g/mol. The Morgan fingerprint density at radius 1 is 1.16 bits per heavy atom. The van der Waals surface area contributed by atoms with Gasteiger partial charge in [0.25, 0.3) is 0 Å². The maximum atomic E-state index is 9.47. The standard InChI is InChI=1S/C16H31NO2/c1-12(2)16-9-15(7-8-19-16)17-10-13-5-3-4-6-14(13)11-18/h12-18H,3-11H2,1-2H3. The van der Waals surface area contributed by atoms with Crippen LogP contribution in [-0.4, -0.2) is 37.0 Å². The van der Waals surface area contributed by atoms with E-state index in [9.17, 15) is 5.11 Å². The highest BCUT2D eigenvalue weighted by atomic mass is 16.5. The van der Waals surface area contributed by atoms with Gasteiger partial charge in [0.2, 0.25) is 0 Å². The fourth-order valence-electron chi connectivity index (χ4n) is 3.59. The van der Waals surface area contributed by atoms with Crippen molar-refractivity contribution in [3.63, 3.8) is 0 Å². The highest BCUT2D eigenvalue weighted by Crippen LogP contribution is 2.29. The minimum atomic E-state index is 0.370. The van der Waals surface area contributed by atoms with Crippen LogP contribution in [-0.2, 0) is 4.74 Å². The molecule has 1 aliphatic heterocycles. The van der Waals surface area contributed by atoms with Gasteiger partial charge in [-0.3, -0.25) is 0 Å². The zero-order valence-electron chi connectivity index (χ0n) is 12.6. The Morgan fingerprint density at radius 2 is 1.89 bits per heavy atom. The molecule has 4 unspecified atom stereocenters. The fraction of sp³-hybridized carbons (Fsp3) is 1.00. The van der Waals surface area contributed by atoms with Crippen molar-refractivity contribution in [1.29, 1.82) is 0 Å². The van der Waals surface area contributed by atoms with Gasteiger partial charge in [-0.2, -0.15) is 0 Å². The van der Waals surface area contributed by atoms with E-state index < -0.39 is 0 Å². The monoisotopic (exact) mass is 269 g/mol. The zero-order chi connectivity index (χ0) is 13.7. The van der Waals surface area contributed by atoms with E-state index in [0.717, 1.165) is 26.0 Å². The molecule has 0 radical (unpaired) electrons. The van der Waals surface area contributed by atoms with Gasteiger partial charge in [0.1, 0.15) is 0 Å². The van der Waals surface area contributed by atoms with Crippen molar-refractivity contribution < 1.29 is 9.84 Å². The molecule has 1 aliphatic carbocycles. The van der Waals surface area contributed by atoms with Crippen LogP contribution < -0.4 is 5.32 Å². The second-order valence-electron chi connectivity index (χ2n) is 6.77. The van der Waals surface area contributed by atoms with Crippen LogP contribution >= 0.6 is 0 Å². The largest absolute Gasteiger partial charge is 0.396 e. The molecular weight excluding hydrogens is 238 g/mol. The summed E-state index contributed by atoms with van der Waals surface area (Å²) in [5.74, 6) is 1.82. The molecule has 2 fully saturated rings. The lowest BCUT2D eigenvalue weighted by molar-refractivity contribution is -0.0255. The summed E-state index contributed by atoms with van der Waals surface area (Å²) in [4.78, 5) is 0. The summed E-state index contributed by atoms with van der Waals surface area (Å²) in [6, 6.07) is 0.613. The molecule has 1 saturated carbocycles. The van der Waals surface area contributed by atoms with Crippen molar-refractivity contribution in [3.05, 3.63) is 0 Å². The van der Waals surface area contributed by atoms with Crippen molar-refractivity contribution >= 4 is 0 Å². The van der Waals surface area contributed by atoms with Gasteiger partial charge in [0, 0.05) is 19.3 Å². The van der Waals surface area contributed by atoms with Crippen molar-refractivity contribution in [3.8, 4) is 0 Å². The van der Waals surface area contributed by atoms with E-state index in [-0.39, 0.29) is 0 Å². The summed E-state index contributed by atoms with van der Waals surface area (Å²) >= 11 is 0. The van der Waals surface area contributed by atoms with Crippen molar-refractivity contribution in [2.45, 2.75) is 64.5 Å². The molecule has 0 spiro atoms. The summed E-state index contributed by atoms with van der Waals surface area (Å²) in [6.45, 7) is 6.84. The van der Waals surface area contributed by atoms with E-state index in [0.29, 0.717) is 36.5 Å². The minimum Gasteiger partial charge on any atom is -0.396 e. The predicted molar refractivity (Wildman–Crippen MR) is 78.1 cm³/mol. The van der Waals surface area contributed by atoms with E-state index in [1.54, 1.807) is 0 Å². The lowest BCUT2D eigenvalue weighted by Crippen LogP contribution is -2.44. The quantitative estimate of drug-likeness (QED) is 0.806. The molecule has 2 N–H and O–H groups in total. The first-order valence-corrected chi connectivity index (χ1v) is 8.16. The summed E-state index contributed by atoms with van der Waals surface area (Å²) in [7, 11) is 0. The third-order valence-electron chi connectivity index (χ3n) is 5.03. The van der Waals surface area contributed by atoms with Crippen LogP contribution in [0.5, 0.6) is 0 Å². The molecule has 0 bridgehead atoms. The Kier molecular flexibility index (Phi) is 6.11. The van der Waals surface area contributed by atoms with Crippen LogP contribution in [0.2, 0.25) is 0 Å². The van der Waals surface area contributed by atoms with Crippen molar-refractivity contribution in [2.24, 2.45) is 17.8 Å². The molecule has 3 heteroatoms. The van der Waals surface area contributed by atoms with Gasteiger partial charge >= 0.3 is 0 Å². The molecule has 0 aromatic heterocycles. The topological polar surface area (TPSA) is 41.5 Å². The number of aliphatic hydroxyl groups excluding tert-OH is 1. The number of aliphatic hydroxyl groups is 1. The summed E-state index contributed by atoms with van der Waals surface area (Å²) in [5, 5.41) is 13.2. The summed E-state index contributed by atoms with van der Waals surface area (Å²) in [6.07, 6.45) is 7.85. The van der Waals surface area contributed by atoms with Crippen molar-refractivity contribution in [2.75, 3.05) is 19.8 Å². The molecule has 0 aromatic rings. The second kappa shape index (κ2) is 7.61. The van der Waals surface area contributed by atoms with Crippen LogP contribution in [0.1, 0.15) is 52.4 Å². The van der Waals surface area contributed by atoms with E-state index in [4.69, 9.17) is 4.74 Å². The highest BCUT2D eigenvalue weighted by Gasteiger charge is 2.28. The van der Waals surface area contributed by atoms with Gasteiger partial charge in [-0.25, -0.2) is 0 Å². The number of ether oxygens (including phenoxy) is 1. The summed E-state index contributed by atoms with van der Waals surface area (Å²) in [5.41, 5.74) is 0. The van der Waals surface area contributed by atoms with E-state index >= 15 is 0 Å². The number of rotatable bonds is 5. The van der Waals surface area contributed by atoms with Crippen molar-refractivity contribution in [1.82, 2.24) is 5.32 Å². The number of nitrogens with one attached hydrogen (secondary N) is 1. The van der Waals surface area contributed by atoms with Gasteiger partial charge in [0.05, 0.1) is 6.10 Å².